The fourth-order valence-corrected chi connectivity index (χ4v) is 4.43. The van der Waals surface area contributed by atoms with Gasteiger partial charge in [-0.25, -0.2) is 4.98 Å². The van der Waals surface area contributed by atoms with Crippen molar-refractivity contribution in [2.75, 3.05) is 13.7 Å². The van der Waals surface area contributed by atoms with Crippen molar-refractivity contribution in [2.24, 2.45) is 0 Å². The lowest BCUT2D eigenvalue weighted by atomic mass is 9.95. The molecule has 0 aromatic carbocycles. The van der Waals surface area contributed by atoms with Crippen molar-refractivity contribution in [1.82, 2.24) is 10.3 Å². The first-order valence-electron chi connectivity index (χ1n) is 7.54. The van der Waals surface area contributed by atoms with Gasteiger partial charge in [0, 0.05) is 30.5 Å². The molecule has 0 radical (unpaired) electrons. The van der Waals surface area contributed by atoms with Gasteiger partial charge in [-0.05, 0) is 33.1 Å². The third-order valence-electron chi connectivity index (χ3n) is 4.36. The van der Waals surface area contributed by atoms with Crippen LogP contribution in [-0.2, 0) is 15.9 Å². The monoisotopic (exact) mass is 296 g/mol. The number of fused-ring (bicyclic) bond motifs is 2. The van der Waals surface area contributed by atoms with Crippen LogP contribution < -0.4 is 5.32 Å². The first-order chi connectivity index (χ1) is 9.67. The average Bonchev–Trinajstić information content (AvgIpc) is 3.11. The summed E-state index contributed by atoms with van der Waals surface area (Å²) in [6.45, 7) is 5.10. The number of rotatable bonds is 6. The van der Waals surface area contributed by atoms with E-state index < -0.39 is 0 Å². The maximum absolute atomic E-state index is 5.92. The maximum atomic E-state index is 5.92. The summed E-state index contributed by atoms with van der Waals surface area (Å²) < 4.78 is 11.0. The number of hydrogen-bond acceptors (Lipinski definition) is 5. The van der Waals surface area contributed by atoms with E-state index in [2.05, 4.69) is 24.1 Å². The lowest BCUT2D eigenvalue weighted by Gasteiger charge is -2.24. The van der Waals surface area contributed by atoms with Crippen LogP contribution in [0.5, 0.6) is 0 Å². The van der Waals surface area contributed by atoms with Crippen LogP contribution in [0.15, 0.2) is 0 Å². The molecule has 112 valence electrons. The molecule has 2 aliphatic rings. The minimum absolute atomic E-state index is 0.358. The van der Waals surface area contributed by atoms with E-state index in [1.54, 1.807) is 7.11 Å². The van der Waals surface area contributed by atoms with Crippen molar-refractivity contribution in [3.63, 3.8) is 0 Å². The topological polar surface area (TPSA) is 43.4 Å². The minimum Gasteiger partial charge on any atom is -0.384 e. The van der Waals surface area contributed by atoms with E-state index in [9.17, 15) is 0 Å². The van der Waals surface area contributed by atoms with Crippen molar-refractivity contribution in [3.05, 3.63) is 15.6 Å². The first kappa shape index (κ1) is 14.4. The number of nitrogens with zero attached hydrogens (tertiary/aromatic N) is 1. The Labute approximate surface area is 124 Å². The zero-order valence-corrected chi connectivity index (χ0v) is 13.3. The molecule has 20 heavy (non-hydrogen) atoms. The Hall–Kier alpha value is -0.490. The molecule has 0 spiro atoms. The third-order valence-corrected chi connectivity index (χ3v) is 5.76. The van der Waals surface area contributed by atoms with E-state index in [0.717, 1.165) is 18.7 Å². The number of aryl methyl sites for hydroxylation is 1. The molecule has 0 unspecified atom stereocenters. The normalized spacial score (nSPS) is 30.1. The molecule has 4 atom stereocenters. The number of ether oxygens (including phenoxy) is 2. The quantitative estimate of drug-likeness (QED) is 0.876. The van der Waals surface area contributed by atoms with E-state index in [1.165, 1.54) is 29.1 Å². The molecule has 3 rings (SSSR count). The van der Waals surface area contributed by atoms with E-state index in [0.29, 0.717) is 24.3 Å². The molecule has 3 heterocycles. The van der Waals surface area contributed by atoms with Crippen LogP contribution in [0.25, 0.3) is 0 Å². The molecular formula is C15H24N2O2S. The summed E-state index contributed by atoms with van der Waals surface area (Å²) in [7, 11) is 1.74. The maximum Gasteiger partial charge on any atom is 0.0954 e. The molecule has 2 aliphatic heterocycles. The molecule has 0 aliphatic carbocycles. The van der Waals surface area contributed by atoms with E-state index >= 15 is 0 Å². The van der Waals surface area contributed by atoms with Crippen LogP contribution in [0.1, 0.15) is 47.8 Å². The van der Waals surface area contributed by atoms with Crippen molar-refractivity contribution in [1.29, 1.82) is 0 Å². The lowest BCUT2D eigenvalue weighted by molar-refractivity contribution is 0.0963. The molecule has 4 nitrogen and oxygen atoms in total. The lowest BCUT2D eigenvalue weighted by Crippen LogP contribution is -2.38. The Morgan fingerprint density at radius 3 is 3.00 bits per heavy atom. The summed E-state index contributed by atoms with van der Waals surface area (Å²) in [5.74, 6) is 0. The van der Waals surface area contributed by atoms with E-state index in [-0.39, 0.29) is 0 Å². The van der Waals surface area contributed by atoms with Crippen molar-refractivity contribution in [3.8, 4) is 0 Å². The van der Waals surface area contributed by atoms with Gasteiger partial charge in [0.25, 0.3) is 0 Å². The van der Waals surface area contributed by atoms with Crippen molar-refractivity contribution in [2.45, 2.75) is 63.8 Å². The summed E-state index contributed by atoms with van der Waals surface area (Å²) in [6.07, 6.45) is 5.48. The van der Waals surface area contributed by atoms with Gasteiger partial charge in [0.15, 0.2) is 0 Å². The Balaban J connectivity index is 1.61. The Morgan fingerprint density at radius 2 is 2.35 bits per heavy atom. The van der Waals surface area contributed by atoms with Crippen LogP contribution in [0.4, 0.5) is 0 Å². The number of methoxy groups -OCH3 is 1. The number of nitrogens with one attached hydrogen (secondary N) is 1. The van der Waals surface area contributed by atoms with Crippen LogP contribution in [0, 0.1) is 6.92 Å². The highest BCUT2D eigenvalue weighted by molar-refractivity contribution is 7.11. The third kappa shape index (κ3) is 2.91. The van der Waals surface area contributed by atoms with Gasteiger partial charge in [-0.3, -0.25) is 0 Å². The summed E-state index contributed by atoms with van der Waals surface area (Å²) in [5.41, 5.74) is 1.16. The number of aromatic nitrogens is 1. The predicted octanol–water partition coefficient (Wildman–Crippen LogP) is 2.61. The van der Waals surface area contributed by atoms with Crippen molar-refractivity contribution >= 4 is 11.3 Å². The van der Waals surface area contributed by atoms with E-state index in [1.807, 2.05) is 11.3 Å². The number of hydrogen-bond donors (Lipinski definition) is 1. The second-order valence-electron chi connectivity index (χ2n) is 5.90. The molecule has 0 amide bonds. The van der Waals surface area contributed by atoms with Gasteiger partial charge in [-0.1, -0.05) is 0 Å². The summed E-state index contributed by atoms with van der Waals surface area (Å²) in [6, 6.07) is 0.879. The van der Waals surface area contributed by atoms with Gasteiger partial charge < -0.3 is 14.8 Å². The van der Waals surface area contributed by atoms with Crippen LogP contribution in [0.2, 0.25) is 0 Å². The fraction of sp³-hybridized carbons (Fsp3) is 0.800. The second kappa shape index (κ2) is 6.10. The van der Waals surface area contributed by atoms with Gasteiger partial charge in [-0.15, -0.1) is 11.3 Å². The molecule has 1 N–H and O–H groups in total. The second-order valence-corrected chi connectivity index (χ2v) is 7.02. The molecule has 1 aromatic rings. The van der Waals surface area contributed by atoms with E-state index in [4.69, 9.17) is 9.47 Å². The minimum atomic E-state index is 0.358. The molecule has 2 bridgehead atoms. The number of thiazole rings is 1. The molecular weight excluding hydrogens is 272 g/mol. The standard InChI is InChI=1S/C15H24N2O2S/c1-9(16-12-8-11-4-5-13(12)19-11)15-10(2)17-14(20-15)6-7-18-3/h9,11-13,16H,4-8H2,1-3H3/t9-,11+,12+,13+/m0/s1. The highest BCUT2D eigenvalue weighted by Crippen LogP contribution is 2.36. The summed E-state index contributed by atoms with van der Waals surface area (Å²) in [4.78, 5) is 6.02. The van der Waals surface area contributed by atoms with Crippen molar-refractivity contribution < 1.29 is 9.47 Å². The molecule has 2 fully saturated rings. The molecule has 2 saturated heterocycles. The smallest absolute Gasteiger partial charge is 0.0954 e. The molecule has 0 saturated carbocycles. The predicted molar refractivity (Wildman–Crippen MR) is 80.3 cm³/mol. The molecule has 5 heteroatoms. The van der Waals surface area contributed by atoms with Gasteiger partial charge in [0.05, 0.1) is 29.5 Å². The average molecular weight is 296 g/mol. The zero-order valence-electron chi connectivity index (χ0n) is 12.5. The van der Waals surface area contributed by atoms with Gasteiger partial charge in [0.2, 0.25) is 0 Å². The van der Waals surface area contributed by atoms with Crippen LogP contribution in [0.3, 0.4) is 0 Å². The molecule has 1 aromatic heterocycles. The van der Waals surface area contributed by atoms with Gasteiger partial charge in [0.1, 0.15) is 0 Å². The first-order valence-corrected chi connectivity index (χ1v) is 8.35. The Morgan fingerprint density at radius 1 is 1.50 bits per heavy atom. The largest absolute Gasteiger partial charge is 0.384 e. The Kier molecular flexibility index (Phi) is 4.40. The summed E-state index contributed by atoms with van der Waals surface area (Å²) >= 11 is 1.82. The fourth-order valence-electron chi connectivity index (χ4n) is 3.37. The zero-order chi connectivity index (χ0) is 14.1. The van der Waals surface area contributed by atoms with Gasteiger partial charge >= 0.3 is 0 Å². The summed E-state index contributed by atoms with van der Waals surface area (Å²) in [5, 5.41) is 4.93. The Bertz CT molecular complexity index is 463. The SMILES string of the molecule is COCCc1nc(C)c([C@H](C)N[C@@H]2C[C@H]3CC[C@H]2O3)s1. The van der Waals surface area contributed by atoms with Gasteiger partial charge in [-0.2, -0.15) is 0 Å². The highest BCUT2D eigenvalue weighted by atomic mass is 32.1. The van der Waals surface area contributed by atoms with Crippen LogP contribution in [-0.4, -0.2) is 37.0 Å². The highest BCUT2D eigenvalue weighted by Gasteiger charge is 2.41. The van der Waals surface area contributed by atoms with Crippen LogP contribution >= 0.6 is 11.3 Å².